The highest BCUT2D eigenvalue weighted by atomic mass is 32.2. The molecular formula is C13H19FN2O2S. The lowest BCUT2D eigenvalue weighted by Gasteiger charge is -2.27. The summed E-state index contributed by atoms with van der Waals surface area (Å²) in [6.07, 6.45) is 3.13. The molecule has 1 atom stereocenters. The number of rotatable bonds is 4. The topological polar surface area (TPSA) is 49.4 Å². The summed E-state index contributed by atoms with van der Waals surface area (Å²) >= 11 is 0. The summed E-state index contributed by atoms with van der Waals surface area (Å²) in [5.74, 6) is -0.467. The highest BCUT2D eigenvalue weighted by molar-refractivity contribution is 7.90. The maximum atomic E-state index is 14.1. The van der Waals surface area contributed by atoms with Crippen LogP contribution in [0.4, 0.5) is 10.1 Å². The zero-order valence-electron chi connectivity index (χ0n) is 11.2. The Kier molecular flexibility index (Phi) is 4.10. The van der Waals surface area contributed by atoms with E-state index in [9.17, 15) is 12.8 Å². The number of nitrogens with one attached hydrogen (secondary N) is 1. The first-order valence-corrected chi connectivity index (χ1v) is 8.23. The van der Waals surface area contributed by atoms with E-state index in [0.29, 0.717) is 5.69 Å². The normalized spacial score (nSPS) is 19.9. The largest absolute Gasteiger partial charge is 0.365 e. The summed E-state index contributed by atoms with van der Waals surface area (Å²) in [5.41, 5.74) is 0.491. The zero-order valence-corrected chi connectivity index (χ0v) is 12.0. The number of hydrogen-bond donors (Lipinski definition) is 1. The molecule has 1 fully saturated rings. The number of likely N-dealkylation sites (N-methyl/N-ethyl adjacent to an activating group) is 1. The third-order valence-electron chi connectivity index (χ3n) is 3.47. The van der Waals surface area contributed by atoms with Crippen LogP contribution in [-0.4, -0.2) is 40.9 Å². The van der Waals surface area contributed by atoms with Gasteiger partial charge in [-0.05, 0) is 38.1 Å². The zero-order chi connectivity index (χ0) is 14.0. The number of halogens is 1. The van der Waals surface area contributed by atoms with Crippen LogP contribution < -0.4 is 10.2 Å². The van der Waals surface area contributed by atoms with Crippen LogP contribution in [-0.2, 0) is 9.84 Å². The maximum Gasteiger partial charge on any atom is 0.175 e. The van der Waals surface area contributed by atoms with Crippen LogP contribution in [0.3, 0.4) is 0 Å². The molecule has 19 heavy (non-hydrogen) atoms. The van der Waals surface area contributed by atoms with Crippen LogP contribution in [0, 0.1) is 5.82 Å². The lowest BCUT2D eigenvalue weighted by molar-refractivity contribution is 0.580. The van der Waals surface area contributed by atoms with Gasteiger partial charge in [-0.25, -0.2) is 12.8 Å². The lowest BCUT2D eigenvalue weighted by Crippen LogP contribution is -2.37. The van der Waals surface area contributed by atoms with Crippen molar-refractivity contribution in [3.05, 3.63) is 24.0 Å². The summed E-state index contributed by atoms with van der Waals surface area (Å²) in [5, 5.41) is 3.10. The smallest absolute Gasteiger partial charge is 0.175 e. The van der Waals surface area contributed by atoms with Crippen LogP contribution in [0.1, 0.15) is 12.8 Å². The fourth-order valence-corrected chi connectivity index (χ4v) is 3.18. The van der Waals surface area contributed by atoms with Crippen molar-refractivity contribution in [3.63, 3.8) is 0 Å². The average Bonchev–Trinajstić information content (AvgIpc) is 2.76. The minimum absolute atomic E-state index is 0.0260. The molecule has 0 aromatic heterocycles. The van der Waals surface area contributed by atoms with Crippen molar-refractivity contribution < 1.29 is 12.8 Å². The standard InChI is InChI=1S/C13H19FN2O2S/c1-15-9-10-4-3-7-16(10)13-6-5-11(8-12(13)14)19(2,17)18/h5-6,8,10,15H,3-4,7,9H2,1-2H3. The highest BCUT2D eigenvalue weighted by Crippen LogP contribution is 2.29. The van der Waals surface area contributed by atoms with Gasteiger partial charge in [-0.1, -0.05) is 0 Å². The number of sulfone groups is 1. The third kappa shape index (κ3) is 3.06. The molecule has 1 heterocycles. The van der Waals surface area contributed by atoms with Gasteiger partial charge in [0.2, 0.25) is 0 Å². The van der Waals surface area contributed by atoms with E-state index in [1.54, 1.807) is 6.07 Å². The molecule has 1 aliphatic heterocycles. The van der Waals surface area contributed by atoms with Gasteiger partial charge >= 0.3 is 0 Å². The molecule has 1 N–H and O–H groups in total. The van der Waals surface area contributed by atoms with Crippen molar-refractivity contribution in [2.75, 3.05) is 31.3 Å². The van der Waals surface area contributed by atoms with E-state index in [2.05, 4.69) is 5.32 Å². The van der Waals surface area contributed by atoms with Crippen molar-refractivity contribution in [3.8, 4) is 0 Å². The SMILES string of the molecule is CNCC1CCCN1c1ccc(S(C)(=O)=O)cc1F. The number of hydrogen-bond acceptors (Lipinski definition) is 4. The maximum absolute atomic E-state index is 14.1. The number of benzene rings is 1. The van der Waals surface area contributed by atoms with Crippen molar-refractivity contribution in [1.82, 2.24) is 5.32 Å². The quantitative estimate of drug-likeness (QED) is 0.909. The van der Waals surface area contributed by atoms with Gasteiger partial charge in [0.1, 0.15) is 5.82 Å². The molecular weight excluding hydrogens is 267 g/mol. The van der Waals surface area contributed by atoms with Gasteiger partial charge in [-0.15, -0.1) is 0 Å². The molecule has 6 heteroatoms. The van der Waals surface area contributed by atoms with Gasteiger partial charge in [0, 0.05) is 25.4 Å². The fourth-order valence-electron chi connectivity index (χ4n) is 2.55. The Morgan fingerprint density at radius 1 is 1.47 bits per heavy atom. The summed E-state index contributed by atoms with van der Waals surface area (Å²) in [6, 6.07) is 4.42. The van der Waals surface area contributed by atoms with Crippen molar-refractivity contribution in [2.45, 2.75) is 23.8 Å². The van der Waals surface area contributed by atoms with Gasteiger partial charge in [0.05, 0.1) is 10.6 Å². The van der Waals surface area contributed by atoms with E-state index < -0.39 is 15.7 Å². The molecule has 106 valence electrons. The van der Waals surface area contributed by atoms with Crippen LogP contribution in [0.5, 0.6) is 0 Å². The Morgan fingerprint density at radius 2 is 2.21 bits per heavy atom. The van der Waals surface area contributed by atoms with E-state index in [1.165, 1.54) is 6.07 Å². The predicted octanol–water partition coefficient (Wildman–Crippen LogP) is 1.42. The van der Waals surface area contributed by atoms with Crippen LogP contribution >= 0.6 is 0 Å². The Balaban J connectivity index is 2.31. The lowest BCUT2D eigenvalue weighted by atomic mass is 10.2. The van der Waals surface area contributed by atoms with Gasteiger partial charge in [-0.3, -0.25) is 0 Å². The molecule has 2 rings (SSSR count). The van der Waals surface area contributed by atoms with E-state index in [0.717, 1.165) is 38.3 Å². The molecule has 0 radical (unpaired) electrons. The minimum Gasteiger partial charge on any atom is -0.365 e. The highest BCUT2D eigenvalue weighted by Gasteiger charge is 2.26. The fraction of sp³-hybridized carbons (Fsp3) is 0.538. The Morgan fingerprint density at radius 3 is 2.79 bits per heavy atom. The predicted molar refractivity (Wildman–Crippen MR) is 73.8 cm³/mol. The van der Waals surface area contributed by atoms with E-state index in [4.69, 9.17) is 0 Å². The summed E-state index contributed by atoms with van der Waals surface area (Å²) in [4.78, 5) is 2.04. The molecule has 1 saturated heterocycles. The second kappa shape index (κ2) is 5.46. The van der Waals surface area contributed by atoms with Crippen molar-refractivity contribution >= 4 is 15.5 Å². The van der Waals surface area contributed by atoms with Crippen LogP contribution in [0.15, 0.2) is 23.1 Å². The first-order chi connectivity index (χ1) is 8.93. The molecule has 1 unspecified atom stereocenters. The first-order valence-electron chi connectivity index (χ1n) is 6.34. The Bertz CT molecular complexity index is 560. The van der Waals surface area contributed by atoms with Crippen molar-refractivity contribution in [1.29, 1.82) is 0 Å². The van der Waals surface area contributed by atoms with Gasteiger partial charge in [-0.2, -0.15) is 0 Å². The molecule has 0 saturated carbocycles. The first kappa shape index (κ1) is 14.3. The number of nitrogens with zero attached hydrogens (tertiary/aromatic N) is 1. The van der Waals surface area contributed by atoms with Gasteiger partial charge in [0.15, 0.2) is 9.84 Å². The molecule has 1 aromatic carbocycles. The van der Waals surface area contributed by atoms with E-state index >= 15 is 0 Å². The summed E-state index contributed by atoms with van der Waals surface area (Å²) in [6.45, 7) is 1.61. The minimum atomic E-state index is -3.36. The Hall–Kier alpha value is -1.14. The van der Waals surface area contributed by atoms with Crippen LogP contribution in [0.2, 0.25) is 0 Å². The molecule has 1 aromatic rings. The summed E-state index contributed by atoms with van der Waals surface area (Å²) < 4.78 is 36.9. The third-order valence-corrected chi connectivity index (χ3v) is 4.58. The molecule has 0 amide bonds. The summed E-state index contributed by atoms with van der Waals surface area (Å²) in [7, 11) is -1.49. The second-order valence-electron chi connectivity index (χ2n) is 4.93. The molecule has 0 bridgehead atoms. The van der Waals surface area contributed by atoms with Crippen LogP contribution in [0.25, 0.3) is 0 Å². The molecule has 4 nitrogen and oxygen atoms in total. The average molecular weight is 286 g/mol. The molecule has 1 aliphatic rings. The Labute approximate surface area is 113 Å². The van der Waals surface area contributed by atoms with Crippen molar-refractivity contribution in [2.24, 2.45) is 0 Å². The number of anilines is 1. The second-order valence-corrected chi connectivity index (χ2v) is 6.95. The van der Waals surface area contributed by atoms with Gasteiger partial charge < -0.3 is 10.2 Å². The van der Waals surface area contributed by atoms with E-state index in [1.807, 2.05) is 11.9 Å². The van der Waals surface area contributed by atoms with Gasteiger partial charge in [0.25, 0.3) is 0 Å². The van der Waals surface area contributed by atoms with E-state index in [-0.39, 0.29) is 10.9 Å². The molecule has 0 spiro atoms. The molecule has 0 aliphatic carbocycles. The monoisotopic (exact) mass is 286 g/mol.